The Morgan fingerprint density at radius 1 is 1.07 bits per heavy atom. The number of hydrogen-bond acceptors (Lipinski definition) is 6. The van der Waals surface area contributed by atoms with Crippen LogP contribution in [0.1, 0.15) is 44.9 Å². The topological polar surface area (TPSA) is 100 Å². The number of ether oxygens (including phenoxy) is 1. The van der Waals surface area contributed by atoms with Crippen molar-refractivity contribution in [3.8, 4) is 5.75 Å². The number of amides is 2. The van der Waals surface area contributed by atoms with E-state index in [1.165, 1.54) is 12.7 Å². The third-order valence-corrected chi connectivity index (χ3v) is 6.90. The van der Waals surface area contributed by atoms with Crippen molar-refractivity contribution in [2.24, 2.45) is 5.92 Å². The van der Waals surface area contributed by atoms with Crippen LogP contribution >= 0.6 is 11.8 Å². The minimum absolute atomic E-state index is 0.0884. The van der Waals surface area contributed by atoms with Crippen LogP contribution in [-0.4, -0.2) is 50.4 Å². The van der Waals surface area contributed by atoms with Crippen molar-refractivity contribution in [3.05, 3.63) is 30.6 Å². The highest BCUT2D eigenvalue weighted by atomic mass is 32.2. The van der Waals surface area contributed by atoms with E-state index in [0.29, 0.717) is 24.1 Å². The summed E-state index contributed by atoms with van der Waals surface area (Å²) in [5.74, 6) is 0.681. The van der Waals surface area contributed by atoms with E-state index >= 15 is 0 Å². The number of anilines is 1. The average molecular weight is 430 g/mol. The molecule has 1 aliphatic carbocycles. The molecule has 1 aromatic carbocycles. The summed E-state index contributed by atoms with van der Waals surface area (Å²) in [4.78, 5) is 30.7. The van der Waals surface area contributed by atoms with Gasteiger partial charge in [0, 0.05) is 29.9 Å². The van der Waals surface area contributed by atoms with E-state index in [1.54, 1.807) is 40.9 Å². The number of benzene rings is 1. The lowest BCUT2D eigenvalue weighted by atomic mass is 9.88. The van der Waals surface area contributed by atoms with Gasteiger partial charge in [-0.05, 0) is 49.9 Å². The second-order valence-corrected chi connectivity index (χ2v) is 9.10. The molecular formula is C21H27N5O3S. The zero-order valence-corrected chi connectivity index (χ0v) is 17.7. The van der Waals surface area contributed by atoms with Gasteiger partial charge in [-0.15, -0.1) is 0 Å². The number of aromatic nitrogens is 3. The normalized spacial score (nSPS) is 18.2. The number of thioether (sulfide) groups is 1. The van der Waals surface area contributed by atoms with E-state index in [4.69, 9.17) is 4.74 Å². The summed E-state index contributed by atoms with van der Waals surface area (Å²) < 4.78 is 5.51. The van der Waals surface area contributed by atoms with Gasteiger partial charge in [0.1, 0.15) is 12.1 Å². The largest absolute Gasteiger partial charge is 0.415 e. The minimum atomic E-state index is -0.336. The Balaban J connectivity index is 1.22. The van der Waals surface area contributed by atoms with E-state index in [0.717, 1.165) is 49.4 Å². The highest BCUT2D eigenvalue weighted by Crippen LogP contribution is 2.28. The van der Waals surface area contributed by atoms with Gasteiger partial charge < -0.3 is 15.0 Å². The molecule has 160 valence electrons. The maximum Gasteiger partial charge on any atom is 0.415 e. The third kappa shape index (κ3) is 5.53. The molecule has 1 saturated heterocycles. The Morgan fingerprint density at radius 2 is 1.80 bits per heavy atom. The molecule has 2 aromatic rings. The monoisotopic (exact) mass is 429 g/mol. The fraction of sp³-hybridized carbons (Fsp3) is 0.524. The van der Waals surface area contributed by atoms with Gasteiger partial charge in [0.2, 0.25) is 5.91 Å². The molecule has 2 aliphatic rings. The molecule has 30 heavy (non-hydrogen) atoms. The fourth-order valence-corrected chi connectivity index (χ4v) is 4.92. The molecule has 2 amide bonds. The lowest BCUT2D eigenvalue weighted by Gasteiger charge is -2.30. The Morgan fingerprint density at radius 3 is 2.47 bits per heavy atom. The van der Waals surface area contributed by atoms with E-state index < -0.39 is 0 Å². The summed E-state index contributed by atoms with van der Waals surface area (Å²) in [5, 5.41) is 10.9. The standard InChI is InChI=1S/C21H27N5O3S/c27-19(15-4-2-1-3-5-15)24-16-6-8-17(9-7-16)29-21(28)26-12-10-18(11-13-26)30-20-22-14-23-25-20/h6-9,14-15,18H,1-5,10-13H2,(H,24,27)(H,22,23,25). The van der Waals surface area contributed by atoms with Crippen molar-refractivity contribution >= 4 is 29.4 Å². The van der Waals surface area contributed by atoms with Crippen molar-refractivity contribution in [1.29, 1.82) is 0 Å². The Hall–Kier alpha value is -2.55. The number of nitrogens with zero attached hydrogens (tertiary/aromatic N) is 3. The Bertz CT molecular complexity index is 829. The summed E-state index contributed by atoms with van der Waals surface area (Å²) in [7, 11) is 0. The number of aromatic amines is 1. The lowest BCUT2D eigenvalue weighted by Crippen LogP contribution is -2.40. The van der Waals surface area contributed by atoms with E-state index in [1.807, 2.05) is 0 Å². The zero-order valence-electron chi connectivity index (χ0n) is 16.9. The van der Waals surface area contributed by atoms with Crippen LogP contribution in [0.5, 0.6) is 5.75 Å². The van der Waals surface area contributed by atoms with Gasteiger partial charge in [-0.1, -0.05) is 31.0 Å². The molecule has 0 atom stereocenters. The Labute approximate surface area is 180 Å². The van der Waals surface area contributed by atoms with Crippen molar-refractivity contribution in [2.75, 3.05) is 18.4 Å². The van der Waals surface area contributed by atoms with Gasteiger partial charge in [0.25, 0.3) is 0 Å². The number of H-pyrrole nitrogens is 1. The molecule has 1 aromatic heterocycles. The minimum Gasteiger partial charge on any atom is -0.410 e. The van der Waals surface area contributed by atoms with E-state index in [-0.39, 0.29) is 17.9 Å². The smallest absolute Gasteiger partial charge is 0.410 e. The predicted octanol–water partition coefficient (Wildman–Crippen LogP) is 4.08. The van der Waals surface area contributed by atoms with Crippen LogP contribution in [0.3, 0.4) is 0 Å². The number of rotatable bonds is 5. The average Bonchev–Trinajstić information content (AvgIpc) is 3.29. The molecule has 0 spiro atoms. The third-order valence-electron chi connectivity index (χ3n) is 5.67. The summed E-state index contributed by atoms with van der Waals surface area (Å²) in [6, 6.07) is 7.01. The SMILES string of the molecule is O=C(Nc1ccc(OC(=O)N2CCC(Sc3ncn[nH]3)CC2)cc1)C1CCCCC1. The first-order valence-electron chi connectivity index (χ1n) is 10.6. The summed E-state index contributed by atoms with van der Waals surface area (Å²) in [6.45, 7) is 1.31. The molecule has 2 N–H and O–H groups in total. The first kappa shape index (κ1) is 20.7. The molecule has 0 radical (unpaired) electrons. The summed E-state index contributed by atoms with van der Waals surface area (Å²) in [5.41, 5.74) is 0.732. The predicted molar refractivity (Wildman–Crippen MR) is 115 cm³/mol. The van der Waals surface area contributed by atoms with Crippen LogP contribution in [-0.2, 0) is 4.79 Å². The number of carbonyl (C=O) groups is 2. The van der Waals surface area contributed by atoms with Crippen LogP contribution in [0.15, 0.2) is 35.7 Å². The molecule has 0 bridgehead atoms. The molecule has 1 aliphatic heterocycles. The van der Waals surface area contributed by atoms with Crippen LogP contribution in [0, 0.1) is 5.92 Å². The lowest BCUT2D eigenvalue weighted by molar-refractivity contribution is -0.120. The number of likely N-dealkylation sites (tertiary alicyclic amines) is 1. The fourth-order valence-electron chi connectivity index (χ4n) is 3.95. The zero-order chi connectivity index (χ0) is 20.8. The van der Waals surface area contributed by atoms with Crippen LogP contribution in [0.4, 0.5) is 10.5 Å². The maximum absolute atomic E-state index is 12.5. The first-order chi connectivity index (χ1) is 14.7. The van der Waals surface area contributed by atoms with Gasteiger partial charge in [0.05, 0.1) is 0 Å². The van der Waals surface area contributed by atoms with Crippen LogP contribution in [0.2, 0.25) is 0 Å². The number of carbonyl (C=O) groups excluding carboxylic acids is 2. The molecule has 1 saturated carbocycles. The first-order valence-corrected chi connectivity index (χ1v) is 11.4. The van der Waals surface area contributed by atoms with Crippen molar-refractivity contribution < 1.29 is 14.3 Å². The molecule has 8 nitrogen and oxygen atoms in total. The second-order valence-electron chi connectivity index (χ2n) is 7.81. The molecular weight excluding hydrogens is 402 g/mol. The highest BCUT2D eigenvalue weighted by Gasteiger charge is 2.25. The molecule has 9 heteroatoms. The van der Waals surface area contributed by atoms with Crippen molar-refractivity contribution in [1.82, 2.24) is 20.1 Å². The summed E-state index contributed by atoms with van der Waals surface area (Å²) in [6.07, 6.45) is 8.34. The van der Waals surface area contributed by atoms with Crippen LogP contribution < -0.4 is 10.1 Å². The molecule has 4 rings (SSSR count). The molecule has 2 heterocycles. The highest BCUT2D eigenvalue weighted by molar-refractivity contribution is 7.99. The van der Waals surface area contributed by atoms with Crippen molar-refractivity contribution in [3.63, 3.8) is 0 Å². The quantitative estimate of drug-likeness (QED) is 0.743. The number of nitrogens with one attached hydrogen (secondary N) is 2. The van der Waals surface area contributed by atoms with E-state index in [2.05, 4.69) is 20.5 Å². The summed E-state index contributed by atoms with van der Waals surface area (Å²) >= 11 is 1.66. The maximum atomic E-state index is 12.5. The molecule has 2 fully saturated rings. The van der Waals surface area contributed by atoms with Gasteiger partial charge in [-0.3, -0.25) is 9.89 Å². The molecule has 0 unspecified atom stereocenters. The van der Waals surface area contributed by atoms with Crippen LogP contribution in [0.25, 0.3) is 0 Å². The van der Waals surface area contributed by atoms with Crippen molar-refractivity contribution in [2.45, 2.75) is 55.4 Å². The number of hydrogen-bond donors (Lipinski definition) is 2. The van der Waals surface area contributed by atoms with Gasteiger partial charge in [-0.2, -0.15) is 5.10 Å². The number of piperidine rings is 1. The van der Waals surface area contributed by atoms with Gasteiger partial charge in [-0.25, -0.2) is 9.78 Å². The van der Waals surface area contributed by atoms with Gasteiger partial charge >= 0.3 is 6.09 Å². The Kier molecular flexibility index (Phi) is 6.88. The van der Waals surface area contributed by atoms with E-state index in [9.17, 15) is 9.59 Å². The van der Waals surface area contributed by atoms with Gasteiger partial charge in [0.15, 0.2) is 5.16 Å². The second kappa shape index (κ2) is 9.97.